The summed E-state index contributed by atoms with van der Waals surface area (Å²) in [6.45, 7) is 15.1. The average Bonchev–Trinajstić information content (AvgIpc) is 3.22. The highest BCUT2D eigenvalue weighted by molar-refractivity contribution is 5.92. The summed E-state index contributed by atoms with van der Waals surface area (Å²) in [5, 5.41) is 14.5. The molecule has 176 valence electrons. The van der Waals surface area contributed by atoms with Gasteiger partial charge >= 0.3 is 0 Å². The summed E-state index contributed by atoms with van der Waals surface area (Å²) < 4.78 is 7.12. The predicted octanol–water partition coefficient (Wildman–Crippen LogP) is 4.80. The van der Waals surface area contributed by atoms with E-state index in [1.165, 1.54) is 5.56 Å². The number of aromatic nitrogens is 4. The van der Waals surface area contributed by atoms with E-state index in [1.807, 2.05) is 19.1 Å². The zero-order valence-corrected chi connectivity index (χ0v) is 20.8. The van der Waals surface area contributed by atoms with Crippen molar-refractivity contribution in [3.63, 3.8) is 0 Å². The number of carbonyl (C=O) groups is 1. The maximum atomic E-state index is 12.4. The van der Waals surface area contributed by atoms with Gasteiger partial charge in [-0.1, -0.05) is 52.8 Å². The molecule has 3 rings (SSSR count). The molecule has 0 aliphatic rings. The van der Waals surface area contributed by atoms with Gasteiger partial charge in [-0.3, -0.25) is 9.78 Å². The van der Waals surface area contributed by atoms with Gasteiger partial charge in [0.1, 0.15) is 5.75 Å². The number of carbonyl (C=O) groups excluding carboxylic acids is 1. The number of nitrogens with zero attached hydrogens (tertiary/aromatic N) is 4. The molecule has 0 spiro atoms. The van der Waals surface area contributed by atoms with Gasteiger partial charge in [0.15, 0.2) is 5.69 Å². The molecule has 3 aromatic rings. The summed E-state index contributed by atoms with van der Waals surface area (Å²) >= 11 is 0. The van der Waals surface area contributed by atoms with Crippen molar-refractivity contribution in [1.82, 2.24) is 25.3 Å². The normalized spacial score (nSPS) is 11.9. The summed E-state index contributed by atoms with van der Waals surface area (Å²) in [5.74, 6) is 0.489. The van der Waals surface area contributed by atoms with Crippen molar-refractivity contribution in [1.29, 1.82) is 0 Å². The molecule has 0 fully saturated rings. The Hall–Kier alpha value is -3.42. The maximum absolute atomic E-state index is 12.4. The van der Waals surface area contributed by atoms with Crippen molar-refractivity contribution in [3.8, 4) is 11.4 Å². The topological polar surface area (TPSA) is 94.0 Å². The molecule has 33 heavy (non-hydrogen) atoms. The molecular weight excluding hydrogens is 416 g/mol. The van der Waals surface area contributed by atoms with Crippen LogP contribution in [0, 0.1) is 12.3 Å². The van der Waals surface area contributed by atoms with E-state index in [9.17, 15) is 4.79 Å². The highest BCUT2D eigenvalue weighted by Gasteiger charge is 2.18. The van der Waals surface area contributed by atoms with Crippen LogP contribution in [0.4, 0.5) is 11.4 Å². The number of hydrogen-bond acceptors (Lipinski definition) is 6. The van der Waals surface area contributed by atoms with Gasteiger partial charge in [0, 0.05) is 6.54 Å². The largest absolute Gasteiger partial charge is 0.495 e. The Balaban J connectivity index is 1.87. The number of benzene rings is 1. The van der Waals surface area contributed by atoms with Crippen LogP contribution in [-0.4, -0.2) is 39.5 Å². The molecule has 1 aromatic carbocycles. The smallest absolute Gasteiger partial charge is 0.273 e. The van der Waals surface area contributed by atoms with E-state index in [-0.39, 0.29) is 22.4 Å². The molecule has 0 saturated carbocycles. The predicted molar refractivity (Wildman–Crippen MR) is 131 cm³/mol. The number of aryl methyl sites for hydroxylation is 1. The average molecular weight is 451 g/mol. The Kier molecular flexibility index (Phi) is 6.76. The molecule has 2 N–H and O–H groups in total. The Labute approximate surface area is 195 Å². The summed E-state index contributed by atoms with van der Waals surface area (Å²) in [6, 6.07) is 8.05. The number of anilines is 2. The molecule has 0 atom stereocenters. The molecule has 0 saturated heterocycles. The van der Waals surface area contributed by atoms with Crippen molar-refractivity contribution in [2.45, 2.75) is 53.9 Å². The second-order valence-electron chi connectivity index (χ2n) is 10.4. The van der Waals surface area contributed by atoms with Crippen molar-refractivity contribution >= 4 is 17.3 Å². The number of methoxy groups -OCH3 is 1. The van der Waals surface area contributed by atoms with E-state index in [1.54, 1.807) is 24.2 Å². The van der Waals surface area contributed by atoms with E-state index in [0.717, 1.165) is 28.5 Å². The lowest BCUT2D eigenvalue weighted by Crippen LogP contribution is -2.32. The number of nitrogens with one attached hydrogen (secondary N) is 2. The number of rotatable bonds is 6. The number of pyridine rings is 1. The first-order chi connectivity index (χ1) is 15.4. The van der Waals surface area contributed by atoms with Crippen LogP contribution in [0.25, 0.3) is 5.69 Å². The van der Waals surface area contributed by atoms with Gasteiger partial charge in [0.25, 0.3) is 5.91 Å². The van der Waals surface area contributed by atoms with Crippen LogP contribution >= 0.6 is 0 Å². The summed E-state index contributed by atoms with van der Waals surface area (Å²) in [5.41, 5.74) is 4.55. The second kappa shape index (κ2) is 9.21. The standard InChI is InChI=1S/C25H34N6O2/c1-16-21(31-14-20(29-30-31)23(32)27-15-24(2,3)4)12-18(13-26-16)28-19-11-17(25(5,6)7)9-10-22(19)33-8/h9-14,28H,15H2,1-8H3,(H,27,32). The summed E-state index contributed by atoms with van der Waals surface area (Å²) in [6.07, 6.45) is 3.38. The van der Waals surface area contributed by atoms with E-state index in [2.05, 4.69) is 79.6 Å². The van der Waals surface area contributed by atoms with Crippen LogP contribution in [-0.2, 0) is 5.41 Å². The lowest BCUT2D eigenvalue weighted by Gasteiger charge is -2.21. The van der Waals surface area contributed by atoms with Crippen LogP contribution in [0.2, 0.25) is 0 Å². The van der Waals surface area contributed by atoms with Crippen molar-refractivity contribution in [2.24, 2.45) is 5.41 Å². The van der Waals surface area contributed by atoms with Crippen LogP contribution < -0.4 is 15.4 Å². The maximum Gasteiger partial charge on any atom is 0.273 e. The van der Waals surface area contributed by atoms with Crippen molar-refractivity contribution in [3.05, 3.63) is 53.6 Å². The summed E-state index contributed by atoms with van der Waals surface area (Å²) in [7, 11) is 1.65. The monoisotopic (exact) mass is 450 g/mol. The first-order valence-electron chi connectivity index (χ1n) is 11.0. The van der Waals surface area contributed by atoms with Gasteiger partial charge in [-0.25, -0.2) is 4.68 Å². The van der Waals surface area contributed by atoms with Gasteiger partial charge < -0.3 is 15.4 Å². The Morgan fingerprint density at radius 2 is 1.85 bits per heavy atom. The third-order valence-corrected chi connectivity index (χ3v) is 5.16. The molecule has 8 nitrogen and oxygen atoms in total. The number of amides is 1. The SMILES string of the molecule is COc1ccc(C(C)(C)C)cc1Nc1cnc(C)c(-n2cc(C(=O)NCC(C)(C)C)nn2)c1. The lowest BCUT2D eigenvalue weighted by molar-refractivity contribution is 0.0934. The third kappa shape index (κ3) is 6.09. The van der Waals surface area contributed by atoms with Crippen LogP contribution in [0.1, 0.15) is 63.3 Å². The third-order valence-electron chi connectivity index (χ3n) is 5.16. The fourth-order valence-electron chi connectivity index (χ4n) is 3.17. The zero-order valence-electron chi connectivity index (χ0n) is 20.8. The van der Waals surface area contributed by atoms with Crippen LogP contribution in [0.5, 0.6) is 5.75 Å². The highest BCUT2D eigenvalue weighted by atomic mass is 16.5. The summed E-state index contributed by atoms with van der Waals surface area (Å²) in [4.78, 5) is 17.0. The molecule has 8 heteroatoms. The molecule has 0 bridgehead atoms. The first-order valence-corrected chi connectivity index (χ1v) is 11.0. The number of ether oxygens (including phenoxy) is 1. The minimum absolute atomic E-state index is 0.00405. The fourth-order valence-corrected chi connectivity index (χ4v) is 3.17. The van der Waals surface area contributed by atoms with Gasteiger partial charge in [-0.05, 0) is 41.5 Å². The van der Waals surface area contributed by atoms with Gasteiger partial charge in [-0.15, -0.1) is 5.10 Å². The fraction of sp³-hybridized carbons (Fsp3) is 0.440. The van der Waals surface area contributed by atoms with E-state index in [0.29, 0.717) is 6.54 Å². The molecule has 2 heterocycles. The first kappa shape index (κ1) is 24.2. The molecule has 0 aliphatic heterocycles. The number of hydrogen-bond donors (Lipinski definition) is 2. The Morgan fingerprint density at radius 1 is 1.12 bits per heavy atom. The molecule has 2 aromatic heterocycles. The van der Waals surface area contributed by atoms with E-state index in [4.69, 9.17) is 4.74 Å². The molecule has 0 aliphatic carbocycles. The van der Waals surface area contributed by atoms with E-state index >= 15 is 0 Å². The Bertz CT molecular complexity index is 1140. The molecule has 0 radical (unpaired) electrons. The molecule has 0 unspecified atom stereocenters. The Morgan fingerprint density at radius 3 is 2.48 bits per heavy atom. The van der Waals surface area contributed by atoms with Gasteiger partial charge in [0.05, 0.1) is 42.3 Å². The highest BCUT2D eigenvalue weighted by Crippen LogP contribution is 2.33. The quantitative estimate of drug-likeness (QED) is 0.560. The minimum atomic E-state index is -0.250. The van der Waals surface area contributed by atoms with Crippen LogP contribution in [0.3, 0.4) is 0 Å². The minimum Gasteiger partial charge on any atom is -0.495 e. The zero-order chi connectivity index (χ0) is 24.4. The van der Waals surface area contributed by atoms with Crippen LogP contribution in [0.15, 0.2) is 36.7 Å². The van der Waals surface area contributed by atoms with Crippen molar-refractivity contribution in [2.75, 3.05) is 19.0 Å². The molecule has 1 amide bonds. The second-order valence-corrected chi connectivity index (χ2v) is 10.4. The molecular formula is C25H34N6O2. The van der Waals surface area contributed by atoms with Crippen molar-refractivity contribution < 1.29 is 9.53 Å². The lowest BCUT2D eigenvalue weighted by atomic mass is 9.87. The van der Waals surface area contributed by atoms with Gasteiger partial charge in [-0.2, -0.15) is 0 Å². The van der Waals surface area contributed by atoms with Gasteiger partial charge in [0.2, 0.25) is 0 Å². The van der Waals surface area contributed by atoms with E-state index < -0.39 is 0 Å².